The molecule has 1 rings (SSSR count). The van der Waals surface area contributed by atoms with Crippen LogP contribution >= 0.6 is 0 Å². The normalized spacial score (nSPS) is 15.9. The van der Waals surface area contributed by atoms with Crippen LogP contribution < -0.4 is 5.32 Å². The van der Waals surface area contributed by atoms with Crippen LogP contribution in [0.3, 0.4) is 0 Å². The van der Waals surface area contributed by atoms with Crippen molar-refractivity contribution in [2.75, 3.05) is 6.54 Å². The molecule has 0 spiro atoms. The standard InChI is InChI=1S/C11H13F4N/c1-3-16-10(2,11(13,14)15)8-5-4-6-9(12)7-8/h4-7,16H,3H2,1-2H3. The van der Waals surface area contributed by atoms with Crippen LogP contribution in [0, 0.1) is 5.82 Å². The number of hydrogen-bond acceptors (Lipinski definition) is 1. The van der Waals surface area contributed by atoms with Crippen molar-refractivity contribution in [2.45, 2.75) is 25.6 Å². The van der Waals surface area contributed by atoms with Gasteiger partial charge in [0, 0.05) is 0 Å². The topological polar surface area (TPSA) is 12.0 Å². The maximum atomic E-state index is 12.9. The first-order chi connectivity index (χ1) is 7.31. The van der Waals surface area contributed by atoms with Crippen molar-refractivity contribution in [2.24, 2.45) is 0 Å². The third kappa shape index (κ3) is 2.35. The van der Waals surface area contributed by atoms with E-state index in [-0.39, 0.29) is 12.1 Å². The van der Waals surface area contributed by atoms with Gasteiger partial charge in [0.1, 0.15) is 11.4 Å². The number of nitrogens with one attached hydrogen (secondary N) is 1. The molecule has 0 amide bonds. The van der Waals surface area contributed by atoms with E-state index in [0.717, 1.165) is 19.1 Å². The Morgan fingerprint density at radius 2 is 1.88 bits per heavy atom. The van der Waals surface area contributed by atoms with E-state index in [0.29, 0.717) is 0 Å². The highest BCUT2D eigenvalue weighted by Gasteiger charge is 2.51. The van der Waals surface area contributed by atoms with Crippen molar-refractivity contribution < 1.29 is 17.6 Å². The summed E-state index contributed by atoms with van der Waals surface area (Å²) >= 11 is 0. The molecule has 0 heterocycles. The Bertz CT molecular complexity index is 361. The van der Waals surface area contributed by atoms with Gasteiger partial charge in [0.15, 0.2) is 0 Å². The monoisotopic (exact) mass is 235 g/mol. The molecule has 0 saturated heterocycles. The van der Waals surface area contributed by atoms with Gasteiger partial charge in [-0.25, -0.2) is 4.39 Å². The predicted octanol–water partition coefficient (Wildman–Crippen LogP) is 3.21. The maximum absolute atomic E-state index is 12.9. The zero-order valence-corrected chi connectivity index (χ0v) is 9.03. The zero-order chi connectivity index (χ0) is 12.4. The molecule has 0 radical (unpaired) electrons. The van der Waals surface area contributed by atoms with Gasteiger partial charge in [0.05, 0.1) is 0 Å². The summed E-state index contributed by atoms with van der Waals surface area (Å²) in [5.41, 5.74) is -2.34. The van der Waals surface area contributed by atoms with Crippen molar-refractivity contribution in [3.05, 3.63) is 35.6 Å². The molecule has 5 heteroatoms. The molecule has 1 aromatic carbocycles. The molecule has 0 bridgehead atoms. The fourth-order valence-electron chi connectivity index (χ4n) is 1.52. The van der Waals surface area contributed by atoms with E-state index >= 15 is 0 Å². The molecule has 0 fully saturated rings. The SMILES string of the molecule is CCNC(C)(c1cccc(F)c1)C(F)(F)F. The molecular formula is C11H13F4N. The Kier molecular flexibility index (Phi) is 3.57. The summed E-state index contributed by atoms with van der Waals surface area (Å²) in [7, 11) is 0. The van der Waals surface area contributed by atoms with Crippen molar-refractivity contribution in [1.82, 2.24) is 5.32 Å². The lowest BCUT2D eigenvalue weighted by atomic mass is 9.91. The van der Waals surface area contributed by atoms with Crippen LogP contribution in [-0.4, -0.2) is 12.7 Å². The number of halogens is 4. The molecule has 0 aliphatic rings. The average molecular weight is 235 g/mol. The second kappa shape index (κ2) is 4.41. The minimum atomic E-state index is -4.48. The van der Waals surface area contributed by atoms with E-state index in [4.69, 9.17) is 0 Å². The van der Waals surface area contributed by atoms with Gasteiger partial charge < -0.3 is 5.32 Å². The van der Waals surface area contributed by atoms with Gasteiger partial charge in [-0.15, -0.1) is 0 Å². The van der Waals surface area contributed by atoms with E-state index in [1.807, 2.05) is 0 Å². The largest absolute Gasteiger partial charge is 0.410 e. The van der Waals surface area contributed by atoms with Gasteiger partial charge >= 0.3 is 6.18 Å². The molecule has 1 N–H and O–H groups in total. The average Bonchev–Trinajstić information content (AvgIpc) is 2.16. The maximum Gasteiger partial charge on any atom is 0.410 e. The lowest BCUT2D eigenvalue weighted by Crippen LogP contribution is -2.51. The number of rotatable bonds is 3. The Balaban J connectivity index is 3.21. The summed E-state index contributed by atoms with van der Waals surface area (Å²) in [6, 6.07) is 4.55. The smallest absolute Gasteiger partial charge is 0.300 e. The first-order valence-electron chi connectivity index (χ1n) is 4.89. The molecular weight excluding hydrogens is 222 g/mol. The first-order valence-corrected chi connectivity index (χ1v) is 4.89. The molecule has 1 unspecified atom stereocenters. The first kappa shape index (κ1) is 13.0. The third-order valence-electron chi connectivity index (χ3n) is 2.50. The highest BCUT2D eigenvalue weighted by Crippen LogP contribution is 2.38. The molecule has 16 heavy (non-hydrogen) atoms. The summed E-state index contributed by atoms with van der Waals surface area (Å²) in [5.74, 6) is -0.675. The van der Waals surface area contributed by atoms with E-state index < -0.39 is 17.5 Å². The Morgan fingerprint density at radius 3 is 2.31 bits per heavy atom. The van der Waals surface area contributed by atoms with E-state index in [1.54, 1.807) is 6.92 Å². The van der Waals surface area contributed by atoms with Gasteiger partial charge in [-0.3, -0.25) is 0 Å². The molecule has 0 aliphatic heterocycles. The lowest BCUT2D eigenvalue weighted by Gasteiger charge is -2.33. The highest BCUT2D eigenvalue weighted by molar-refractivity contribution is 5.26. The summed E-state index contributed by atoms with van der Waals surface area (Å²) in [4.78, 5) is 0. The minimum Gasteiger partial charge on any atom is -0.300 e. The van der Waals surface area contributed by atoms with Gasteiger partial charge in [0.2, 0.25) is 0 Å². The van der Waals surface area contributed by atoms with Crippen LogP contribution in [0.5, 0.6) is 0 Å². The number of hydrogen-bond donors (Lipinski definition) is 1. The van der Waals surface area contributed by atoms with Gasteiger partial charge in [0.25, 0.3) is 0 Å². The highest BCUT2D eigenvalue weighted by atomic mass is 19.4. The van der Waals surface area contributed by atoms with Crippen LogP contribution in [-0.2, 0) is 5.54 Å². The number of benzene rings is 1. The van der Waals surface area contributed by atoms with Gasteiger partial charge in [-0.1, -0.05) is 19.1 Å². The van der Waals surface area contributed by atoms with Gasteiger partial charge in [-0.05, 0) is 31.2 Å². The fraction of sp³-hybridized carbons (Fsp3) is 0.455. The van der Waals surface area contributed by atoms with Crippen molar-refractivity contribution in [3.8, 4) is 0 Å². The quantitative estimate of drug-likeness (QED) is 0.793. The van der Waals surface area contributed by atoms with E-state index in [9.17, 15) is 17.6 Å². The fourth-order valence-corrected chi connectivity index (χ4v) is 1.52. The van der Waals surface area contributed by atoms with E-state index in [1.165, 1.54) is 12.1 Å². The van der Waals surface area contributed by atoms with Crippen molar-refractivity contribution in [1.29, 1.82) is 0 Å². The number of alkyl halides is 3. The second-order valence-electron chi connectivity index (χ2n) is 3.66. The summed E-state index contributed by atoms with van der Waals surface area (Å²) in [5, 5.41) is 2.35. The minimum absolute atomic E-state index is 0.123. The molecule has 1 atom stereocenters. The lowest BCUT2D eigenvalue weighted by molar-refractivity contribution is -0.195. The Morgan fingerprint density at radius 1 is 1.25 bits per heavy atom. The third-order valence-corrected chi connectivity index (χ3v) is 2.50. The molecule has 0 aromatic heterocycles. The Labute approximate surface area is 91.5 Å². The van der Waals surface area contributed by atoms with Crippen LogP contribution in [0.15, 0.2) is 24.3 Å². The van der Waals surface area contributed by atoms with Crippen molar-refractivity contribution in [3.63, 3.8) is 0 Å². The van der Waals surface area contributed by atoms with Crippen LogP contribution in [0.4, 0.5) is 17.6 Å². The second-order valence-corrected chi connectivity index (χ2v) is 3.66. The predicted molar refractivity (Wildman–Crippen MR) is 53.5 cm³/mol. The summed E-state index contributed by atoms with van der Waals surface area (Å²) in [6.45, 7) is 2.72. The zero-order valence-electron chi connectivity index (χ0n) is 9.03. The van der Waals surface area contributed by atoms with Crippen LogP contribution in [0.1, 0.15) is 19.4 Å². The summed E-state index contributed by atoms with van der Waals surface area (Å²) in [6.07, 6.45) is -4.48. The van der Waals surface area contributed by atoms with Crippen LogP contribution in [0.2, 0.25) is 0 Å². The molecule has 1 aromatic rings. The molecule has 1 nitrogen and oxygen atoms in total. The molecule has 90 valence electrons. The Hall–Kier alpha value is -1.10. The van der Waals surface area contributed by atoms with Crippen LogP contribution in [0.25, 0.3) is 0 Å². The van der Waals surface area contributed by atoms with E-state index in [2.05, 4.69) is 5.32 Å². The van der Waals surface area contributed by atoms with Crippen molar-refractivity contribution >= 4 is 0 Å². The van der Waals surface area contributed by atoms with Gasteiger partial charge in [-0.2, -0.15) is 13.2 Å². The summed E-state index contributed by atoms with van der Waals surface area (Å²) < 4.78 is 51.7. The molecule has 0 aliphatic carbocycles. The molecule has 0 saturated carbocycles.